The highest BCUT2D eigenvalue weighted by Crippen LogP contribution is 2.29. The number of aliphatic hydroxyl groups is 1. The molecule has 142 valence electrons. The van der Waals surface area contributed by atoms with E-state index in [1.54, 1.807) is 0 Å². The number of rotatable bonds is 5. The van der Waals surface area contributed by atoms with Crippen LogP contribution < -0.4 is 0 Å². The number of aromatic nitrogens is 5. The second-order valence-electron chi connectivity index (χ2n) is 6.19. The van der Waals surface area contributed by atoms with Crippen LogP contribution in [0.25, 0.3) is 11.5 Å². The summed E-state index contributed by atoms with van der Waals surface area (Å²) < 4.78 is 50.8. The van der Waals surface area contributed by atoms with E-state index in [4.69, 9.17) is 9.15 Å². The molecule has 3 heterocycles. The molecule has 1 saturated heterocycles. The van der Waals surface area contributed by atoms with E-state index in [1.165, 1.54) is 23.0 Å². The summed E-state index contributed by atoms with van der Waals surface area (Å²) in [5.74, 6) is -1.61. The molecule has 0 amide bonds. The van der Waals surface area contributed by atoms with Crippen LogP contribution in [0.4, 0.5) is 13.2 Å². The van der Waals surface area contributed by atoms with Gasteiger partial charge in [-0.25, -0.2) is 9.07 Å². The van der Waals surface area contributed by atoms with Crippen LogP contribution in [0.2, 0.25) is 0 Å². The minimum atomic E-state index is -2.89. The minimum absolute atomic E-state index is 0.0716. The van der Waals surface area contributed by atoms with Crippen molar-refractivity contribution in [3.63, 3.8) is 0 Å². The highest BCUT2D eigenvalue weighted by atomic mass is 19.3. The van der Waals surface area contributed by atoms with E-state index in [2.05, 4.69) is 20.5 Å². The maximum Gasteiger partial charge on any atom is 0.314 e. The van der Waals surface area contributed by atoms with Crippen LogP contribution in [0.5, 0.6) is 0 Å². The molecule has 0 radical (unpaired) electrons. The Balaban J connectivity index is 1.52. The van der Waals surface area contributed by atoms with Crippen molar-refractivity contribution in [1.29, 1.82) is 0 Å². The van der Waals surface area contributed by atoms with Crippen LogP contribution >= 0.6 is 0 Å². The second kappa shape index (κ2) is 6.74. The third-order valence-corrected chi connectivity index (χ3v) is 4.28. The molecule has 1 fully saturated rings. The Bertz CT molecular complexity index is 952. The van der Waals surface area contributed by atoms with Gasteiger partial charge in [0.2, 0.25) is 5.89 Å². The zero-order chi connectivity index (χ0) is 19.0. The fourth-order valence-corrected chi connectivity index (χ4v) is 2.77. The fraction of sp³-hybridized carbons (Fsp3) is 0.375. The van der Waals surface area contributed by atoms with Gasteiger partial charge in [-0.2, -0.15) is 8.78 Å². The molecule has 0 aliphatic carbocycles. The molecule has 1 atom stereocenters. The number of nitrogens with zero attached hydrogens (tertiary/aromatic N) is 5. The van der Waals surface area contributed by atoms with Crippen molar-refractivity contribution in [2.75, 3.05) is 13.2 Å². The molecule has 1 unspecified atom stereocenters. The van der Waals surface area contributed by atoms with Crippen LogP contribution in [0.1, 0.15) is 30.0 Å². The van der Waals surface area contributed by atoms with E-state index in [0.29, 0.717) is 24.3 Å². The quantitative estimate of drug-likeness (QED) is 0.722. The van der Waals surface area contributed by atoms with Gasteiger partial charge in [-0.1, -0.05) is 11.3 Å². The van der Waals surface area contributed by atoms with Crippen LogP contribution in [0, 0.1) is 5.82 Å². The van der Waals surface area contributed by atoms with E-state index in [9.17, 15) is 18.3 Å². The van der Waals surface area contributed by atoms with Gasteiger partial charge in [-0.05, 0) is 12.1 Å². The Morgan fingerprint density at radius 3 is 2.78 bits per heavy atom. The number of alkyl halides is 2. The van der Waals surface area contributed by atoms with Gasteiger partial charge in [0.1, 0.15) is 17.1 Å². The highest BCUT2D eigenvalue weighted by Gasteiger charge is 2.37. The molecule has 1 aliphatic rings. The van der Waals surface area contributed by atoms with Gasteiger partial charge in [0.25, 0.3) is 5.89 Å². The lowest BCUT2D eigenvalue weighted by Gasteiger charge is -2.15. The Labute approximate surface area is 150 Å². The molecule has 0 spiro atoms. The van der Waals surface area contributed by atoms with Crippen LogP contribution in [-0.4, -0.2) is 43.5 Å². The van der Waals surface area contributed by atoms with Crippen molar-refractivity contribution in [2.45, 2.75) is 25.0 Å². The van der Waals surface area contributed by atoms with E-state index in [0.717, 1.165) is 6.07 Å². The topological polar surface area (TPSA) is 99.1 Å². The van der Waals surface area contributed by atoms with Gasteiger partial charge in [0, 0.05) is 24.2 Å². The van der Waals surface area contributed by atoms with Crippen molar-refractivity contribution in [1.82, 2.24) is 25.2 Å². The average molecular weight is 381 g/mol. The lowest BCUT2D eigenvalue weighted by Crippen LogP contribution is -2.26. The van der Waals surface area contributed by atoms with Crippen LogP contribution in [0.3, 0.4) is 0 Å². The predicted octanol–water partition coefficient (Wildman–Crippen LogP) is 2.06. The number of hydrogen-bond donors (Lipinski definition) is 1. The third kappa shape index (κ3) is 3.43. The first-order chi connectivity index (χ1) is 12.9. The minimum Gasteiger partial charge on any atom is -0.415 e. The molecule has 2 aromatic heterocycles. The summed E-state index contributed by atoms with van der Waals surface area (Å²) in [4.78, 5) is 0. The maximum absolute atomic E-state index is 14.4. The zero-order valence-corrected chi connectivity index (χ0v) is 13.8. The van der Waals surface area contributed by atoms with Crippen molar-refractivity contribution < 1.29 is 27.4 Å². The van der Waals surface area contributed by atoms with Crippen molar-refractivity contribution in [3.05, 3.63) is 47.4 Å². The smallest absolute Gasteiger partial charge is 0.314 e. The molecular weight excluding hydrogens is 367 g/mol. The van der Waals surface area contributed by atoms with E-state index in [-0.39, 0.29) is 24.6 Å². The third-order valence-electron chi connectivity index (χ3n) is 4.28. The molecule has 27 heavy (non-hydrogen) atoms. The highest BCUT2D eigenvalue weighted by molar-refractivity contribution is 5.53. The van der Waals surface area contributed by atoms with Gasteiger partial charge >= 0.3 is 6.43 Å². The van der Waals surface area contributed by atoms with Crippen LogP contribution in [-0.2, 0) is 16.9 Å². The van der Waals surface area contributed by atoms with E-state index < -0.39 is 23.7 Å². The maximum atomic E-state index is 14.4. The van der Waals surface area contributed by atoms with Gasteiger partial charge in [-0.3, -0.25) is 0 Å². The normalized spacial score (nSPS) is 19.9. The number of halogens is 3. The summed E-state index contributed by atoms with van der Waals surface area (Å²) in [6.45, 7) is 0.643. The second-order valence-corrected chi connectivity index (χ2v) is 6.19. The lowest BCUT2D eigenvalue weighted by molar-refractivity contribution is 0.0193. The first-order valence-corrected chi connectivity index (χ1v) is 8.06. The number of hydrogen-bond acceptors (Lipinski definition) is 7. The SMILES string of the molecule is OC1(c2cn(Cc3ccc(-c4nnc(C(F)F)o4)cc3F)nn2)CCOC1. The van der Waals surface area contributed by atoms with E-state index in [1.807, 2.05) is 0 Å². The summed E-state index contributed by atoms with van der Waals surface area (Å²) in [6, 6.07) is 4.07. The molecule has 1 aliphatic heterocycles. The largest absolute Gasteiger partial charge is 0.415 e. The van der Waals surface area contributed by atoms with Crippen LogP contribution in [0.15, 0.2) is 28.8 Å². The molecule has 8 nitrogen and oxygen atoms in total. The summed E-state index contributed by atoms with van der Waals surface area (Å²) in [6.07, 6.45) is -0.939. The number of benzene rings is 1. The van der Waals surface area contributed by atoms with Crippen molar-refractivity contribution >= 4 is 0 Å². The Morgan fingerprint density at radius 2 is 2.11 bits per heavy atom. The summed E-state index contributed by atoms with van der Waals surface area (Å²) in [7, 11) is 0. The fourth-order valence-electron chi connectivity index (χ4n) is 2.77. The Hall–Kier alpha value is -2.79. The lowest BCUT2D eigenvalue weighted by atomic mass is 10.0. The van der Waals surface area contributed by atoms with Gasteiger partial charge in [0.15, 0.2) is 0 Å². The first kappa shape index (κ1) is 17.6. The van der Waals surface area contributed by atoms with Crippen molar-refractivity contribution in [3.8, 4) is 11.5 Å². The average Bonchev–Trinajstić information content (AvgIpc) is 3.37. The van der Waals surface area contributed by atoms with Crippen molar-refractivity contribution in [2.24, 2.45) is 0 Å². The molecule has 0 saturated carbocycles. The summed E-state index contributed by atoms with van der Waals surface area (Å²) >= 11 is 0. The monoisotopic (exact) mass is 381 g/mol. The Morgan fingerprint density at radius 1 is 1.26 bits per heavy atom. The zero-order valence-electron chi connectivity index (χ0n) is 13.8. The first-order valence-electron chi connectivity index (χ1n) is 8.06. The molecule has 11 heteroatoms. The molecule has 0 bridgehead atoms. The molecule has 4 rings (SSSR count). The van der Waals surface area contributed by atoms with Gasteiger partial charge in [0.05, 0.1) is 19.3 Å². The predicted molar refractivity (Wildman–Crippen MR) is 83.1 cm³/mol. The molecule has 3 aromatic rings. The van der Waals surface area contributed by atoms with Gasteiger partial charge < -0.3 is 14.3 Å². The summed E-state index contributed by atoms with van der Waals surface area (Å²) in [5, 5.41) is 25.0. The summed E-state index contributed by atoms with van der Waals surface area (Å²) in [5.41, 5.74) is -0.339. The number of ether oxygens (including phenoxy) is 1. The van der Waals surface area contributed by atoms with E-state index >= 15 is 0 Å². The molecular formula is C16H14F3N5O3. The van der Waals surface area contributed by atoms with Gasteiger partial charge in [-0.15, -0.1) is 15.3 Å². The molecule has 1 aromatic carbocycles. The Kier molecular flexibility index (Phi) is 4.40. The standard InChI is InChI=1S/C16H14F3N5O3/c17-11-5-9(14-21-22-15(27-14)13(18)19)1-2-10(11)6-24-7-12(20-23-24)16(25)3-4-26-8-16/h1-2,5,7,13,25H,3-4,6,8H2. The molecule has 1 N–H and O–H groups in total.